The maximum Gasteiger partial charge on any atom is 0.266 e. The van der Waals surface area contributed by atoms with Gasteiger partial charge in [0.1, 0.15) is 22.5 Å². The van der Waals surface area contributed by atoms with Crippen LogP contribution in [0.25, 0.3) is 11.7 Å². The van der Waals surface area contributed by atoms with Crippen LogP contribution in [-0.2, 0) is 16.6 Å². The molecule has 0 aliphatic rings. The highest BCUT2D eigenvalue weighted by molar-refractivity contribution is 7.89. The molecule has 28 heavy (non-hydrogen) atoms. The molecule has 0 unspecified atom stereocenters. The minimum Gasteiger partial charge on any atom is -0.455 e. The molecule has 3 rings (SSSR count). The number of aryl methyl sites for hydroxylation is 1. The van der Waals surface area contributed by atoms with E-state index in [1.807, 2.05) is 6.07 Å². The molecule has 0 saturated heterocycles. The second-order valence-electron chi connectivity index (χ2n) is 6.11. The summed E-state index contributed by atoms with van der Waals surface area (Å²) in [5.41, 5.74) is 0.764. The number of hydrogen-bond acceptors (Lipinski definition) is 7. The Kier molecular flexibility index (Phi) is 5.22. The van der Waals surface area contributed by atoms with E-state index in [1.54, 1.807) is 12.1 Å². The average Bonchev–Trinajstić information content (AvgIpc) is 3.24. The Morgan fingerprint density at radius 1 is 1.25 bits per heavy atom. The van der Waals surface area contributed by atoms with Crippen molar-refractivity contribution in [3.8, 4) is 17.7 Å². The molecule has 0 saturated carbocycles. The maximum absolute atomic E-state index is 13.0. The lowest BCUT2D eigenvalue weighted by molar-refractivity contribution is 0.492. The third-order valence-corrected chi connectivity index (χ3v) is 5.86. The molecule has 0 aliphatic heterocycles. The molecule has 2 aromatic heterocycles. The Bertz CT molecular complexity index is 1140. The Labute approximate surface area is 161 Å². The highest BCUT2D eigenvalue weighted by Gasteiger charge is 2.26. The van der Waals surface area contributed by atoms with E-state index in [9.17, 15) is 18.1 Å². The maximum atomic E-state index is 13.0. The zero-order valence-electron chi connectivity index (χ0n) is 15.4. The molecule has 0 bridgehead atoms. The zero-order chi connectivity index (χ0) is 20.5. The van der Waals surface area contributed by atoms with Crippen molar-refractivity contribution in [1.29, 1.82) is 5.26 Å². The summed E-state index contributed by atoms with van der Waals surface area (Å²) in [4.78, 5) is 4.05. The number of oxazole rings is 1. The molecular weight excluding hydrogens is 387 g/mol. The number of benzene rings is 1. The second-order valence-corrected chi connectivity index (χ2v) is 8.23. The lowest BCUT2D eigenvalue weighted by Gasteiger charge is -2.09. The van der Waals surface area contributed by atoms with E-state index in [2.05, 4.69) is 10.3 Å². The molecule has 0 aliphatic carbocycles. The molecule has 2 heterocycles. The van der Waals surface area contributed by atoms with Gasteiger partial charge in [0.15, 0.2) is 5.76 Å². The fourth-order valence-corrected chi connectivity index (χ4v) is 3.48. The zero-order valence-corrected chi connectivity index (χ0v) is 16.2. The standard InChI is InChI=1S/C18H17FN4O4S/c1-11-16(28(24,25)23(2)3)8-15(26-11)18-22-14(9-20)17(27-18)21-10-12-4-6-13(19)7-5-12/h4-8,21H,10H2,1-3H3. The number of nitrogens with one attached hydrogen (secondary N) is 1. The first kappa shape index (κ1) is 19.6. The highest BCUT2D eigenvalue weighted by Crippen LogP contribution is 2.31. The molecule has 146 valence electrons. The van der Waals surface area contributed by atoms with Crippen LogP contribution in [0.5, 0.6) is 0 Å². The van der Waals surface area contributed by atoms with Crippen molar-refractivity contribution < 1.29 is 21.6 Å². The predicted octanol–water partition coefficient (Wildman–Crippen LogP) is 3.12. The van der Waals surface area contributed by atoms with Crippen LogP contribution in [-0.4, -0.2) is 31.8 Å². The topological polar surface area (TPSA) is 112 Å². The number of anilines is 1. The van der Waals surface area contributed by atoms with Crippen molar-refractivity contribution in [2.24, 2.45) is 0 Å². The number of nitrogens with zero attached hydrogens (tertiary/aromatic N) is 3. The molecule has 0 radical (unpaired) electrons. The predicted molar refractivity (Wildman–Crippen MR) is 98.3 cm³/mol. The van der Waals surface area contributed by atoms with Gasteiger partial charge in [-0.3, -0.25) is 0 Å². The summed E-state index contributed by atoms with van der Waals surface area (Å²) in [7, 11) is -0.865. The fourth-order valence-electron chi connectivity index (χ4n) is 2.43. The van der Waals surface area contributed by atoms with Gasteiger partial charge in [0.2, 0.25) is 21.6 Å². The summed E-state index contributed by atoms with van der Waals surface area (Å²) in [6, 6.07) is 9.06. The van der Waals surface area contributed by atoms with Crippen LogP contribution in [0.3, 0.4) is 0 Å². The first-order valence-electron chi connectivity index (χ1n) is 8.15. The van der Waals surface area contributed by atoms with Crippen molar-refractivity contribution >= 4 is 15.9 Å². The summed E-state index contributed by atoms with van der Waals surface area (Å²) in [5.74, 6) is -0.0000662. The molecule has 1 N–H and O–H groups in total. The van der Waals surface area contributed by atoms with Crippen LogP contribution in [0.2, 0.25) is 0 Å². The molecule has 0 amide bonds. The number of sulfonamides is 1. The number of halogens is 1. The Morgan fingerprint density at radius 3 is 2.54 bits per heavy atom. The van der Waals surface area contributed by atoms with Crippen molar-refractivity contribution in [2.75, 3.05) is 19.4 Å². The van der Waals surface area contributed by atoms with Gasteiger partial charge in [-0.05, 0) is 24.6 Å². The van der Waals surface area contributed by atoms with Gasteiger partial charge in [-0.15, -0.1) is 0 Å². The molecule has 3 aromatic rings. The molecule has 1 aromatic carbocycles. The third-order valence-electron chi connectivity index (χ3n) is 3.94. The monoisotopic (exact) mass is 404 g/mol. The SMILES string of the molecule is Cc1oc(-c2nc(C#N)c(NCc3ccc(F)cc3)o2)cc1S(=O)(=O)N(C)C. The van der Waals surface area contributed by atoms with E-state index < -0.39 is 10.0 Å². The molecule has 0 fully saturated rings. The van der Waals surface area contributed by atoms with E-state index in [1.165, 1.54) is 39.2 Å². The van der Waals surface area contributed by atoms with Crippen molar-refractivity contribution in [3.05, 3.63) is 53.2 Å². The van der Waals surface area contributed by atoms with E-state index in [4.69, 9.17) is 8.83 Å². The summed E-state index contributed by atoms with van der Waals surface area (Å²) >= 11 is 0. The van der Waals surface area contributed by atoms with E-state index in [0.29, 0.717) is 0 Å². The van der Waals surface area contributed by atoms with Crippen LogP contribution < -0.4 is 5.32 Å². The Balaban J connectivity index is 1.88. The molecule has 8 nitrogen and oxygen atoms in total. The molecule has 0 spiro atoms. The van der Waals surface area contributed by atoms with Gasteiger partial charge in [0, 0.05) is 26.7 Å². The molecular formula is C18H17FN4O4S. The number of hydrogen-bond donors (Lipinski definition) is 1. The van der Waals surface area contributed by atoms with E-state index >= 15 is 0 Å². The largest absolute Gasteiger partial charge is 0.455 e. The lowest BCUT2D eigenvalue weighted by atomic mass is 10.2. The number of aromatic nitrogens is 1. The third kappa shape index (κ3) is 3.76. The van der Waals surface area contributed by atoms with Gasteiger partial charge >= 0.3 is 0 Å². The van der Waals surface area contributed by atoms with E-state index in [0.717, 1.165) is 9.87 Å². The van der Waals surface area contributed by atoms with Crippen LogP contribution in [0, 0.1) is 24.1 Å². The average molecular weight is 404 g/mol. The quantitative estimate of drug-likeness (QED) is 0.672. The summed E-state index contributed by atoms with van der Waals surface area (Å²) < 4.78 is 49.8. The number of furan rings is 1. The summed E-state index contributed by atoms with van der Waals surface area (Å²) in [6.07, 6.45) is 0. The van der Waals surface area contributed by atoms with E-state index in [-0.39, 0.29) is 46.2 Å². The normalized spacial score (nSPS) is 11.6. The van der Waals surface area contributed by atoms with Gasteiger partial charge < -0.3 is 14.2 Å². The Morgan fingerprint density at radius 2 is 1.93 bits per heavy atom. The fraction of sp³-hybridized carbons (Fsp3) is 0.222. The lowest BCUT2D eigenvalue weighted by Crippen LogP contribution is -2.22. The first-order valence-corrected chi connectivity index (χ1v) is 9.59. The minimum atomic E-state index is -3.69. The van der Waals surface area contributed by atoms with Crippen LogP contribution in [0.15, 0.2) is 44.1 Å². The van der Waals surface area contributed by atoms with Gasteiger partial charge in [0.25, 0.3) is 5.89 Å². The van der Waals surface area contributed by atoms with Gasteiger partial charge in [-0.2, -0.15) is 10.2 Å². The van der Waals surface area contributed by atoms with Crippen LogP contribution in [0.1, 0.15) is 17.0 Å². The van der Waals surface area contributed by atoms with Gasteiger partial charge in [0.05, 0.1) is 0 Å². The van der Waals surface area contributed by atoms with Crippen molar-refractivity contribution in [3.63, 3.8) is 0 Å². The number of nitriles is 1. The molecule has 10 heteroatoms. The number of rotatable bonds is 6. The first-order chi connectivity index (χ1) is 13.2. The Hall–Kier alpha value is -3.16. The summed E-state index contributed by atoms with van der Waals surface area (Å²) in [6.45, 7) is 1.79. The van der Waals surface area contributed by atoms with Crippen molar-refractivity contribution in [1.82, 2.24) is 9.29 Å². The van der Waals surface area contributed by atoms with Gasteiger partial charge in [-0.1, -0.05) is 12.1 Å². The van der Waals surface area contributed by atoms with Crippen LogP contribution in [0.4, 0.5) is 10.3 Å². The minimum absolute atomic E-state index is 0.00923. The smallest absolute Gasteiger partial charge is 0.266 e. The van der Waals surface area contributed by atoms with Crippen LogP contribution >= 0.6 is 0 Å². The second kappa shape index (κ2) is 7.46. The summed E-state index contributed by atoms with van der Waals surface area (Å²) in [5, 5.41) is 12.2. The van der Waals surface area contributed by atoms with Crippen molar-refractivity contribution in [2.45, 2.75) is 18.4 Å². The highest BCUT2D eigenvalue weighted by atomic mass is 32.2. The molecule has 0 atom stereocenters. The van der Waals surface area contributed by atoms with Gasteiger partial charge in [-0.25, -0.2) is 17.1 Å².